The van der Waals surface area contributed by atoms with E-state index in [9.17, 15) is 32.3 Å². The van der Waals surface area contributed by atoms with E-state index in [4.69, 9.17) is 16.3 Å². The topological polar surface area (TPSA) is 104 Å². The van der Waals surface area contributed by atoms with Gasteiger partial charge in [0.2, 0.25) is 0 Å². The first-order chi connectivity index (χ1) is 15.3. The zero-order chi connectivity index (χ0) is 24.6. The summed E-state index contributed by atoms with van der Waals surface area (Å²) in [5.41, 5.74) is -2.43. The molecule has 0 spiro atoms. The highest BCUT2D eigenvalue weighted by Gasteiger charge is 2.35. The first-order valence-electron chi connectivity index (χ1n) is 9.23. The van der Waals surface area contributed by atoms with E-state index in [1.165, 1.54) is 15.7 Å². The van der Waals surface area contributed by atoms with Gasteiger partial charge in [0.25, 0.3) is 11.5 Å². The molecule has 170 valence electrons. The van der Waals surface area contributed by atoms with E-state index in [0.29, 0.717) is 6.07 Å². The molecule has 3 rings (SSSR count). The molecule has 1 aromatic heterocycles. The maximum Gasteiger partial charge on any atom is 0.417 e. The van der Waals surface area contributed by atoms with Crippen LogP contribution < -0.4 is 15.6 Å². The van der Waals surface area contributed by atoms with E-state index in [1.54, 1.807) is 0 Å². The van der Waals surface area contributed by atoms with Gasteiger partial charge in [-0.1, -0.05) is 11.6 Å². The van der Waals surface area contributed by atoms with Gasteiger partial charge in [-0.25, -0.2) is 9.49 Å². The van der Waals surface area contributed by atoms with Crippen molar-refractivity contribution in [2.24, 2.45) is 0 Å². The lowest BCUT2D eigenvalue weighted by molar-refractivity contribution is -0.137. The third-order valence-corrected chi connectivity index (χ3v) is 4.68. The maximum absolute atomic E-state index is 13.7. The number of nitrogens with zero attached hydrogens (tertiary/aromatic N) is 1. The molecule has 0 atom stereocenters. The summed E-state index contributed by atoms with van der Waals surface area (Å²) in [6.45, 7) is 0. The van der Waals surface area contributed by atoms with Crippen molar-refractivity contribution in [2.75, 3.05) is 5.32 Å². The number of carbonyl (C=O) groups excluding carboxylic acids is 1. The van der Waals surface area contributed by atoms with Crippen LogP contribution in [0.2, 0.25) is 5.02 Å². The van der Waals surface area contributed by atoms with Crippen LogP contribution in [0.3, 0.4) is 0 Å². The molecule has 7 nitrogen and oxygen atoms in total. The molecule has 3 aromatic rings. The van der Waals surface area contributed by atoms with Crippen LogP contribution in [0.5, 0.6) is 11.5 Å². The Bertz CT molecular complexity index is 1280. The Balaban J connectivity index is 2.13. The fourth-order valence-electron chi connectivity index (χ4n) is 2.86. The van der Waals surface area contributed by atoms with Crippen LogP contribution in [-0.4, -0.2) is 36.9 Å². The van der Waals surface area contributed by atoms with Crippen LogP contribution in [-0.2, 0) is 11.6 Å². The minimum atomic E-state index is -4.87. The van der Waals surface area contributed by atoms with Crippen molar-refractivity contribution in [1.29, 1.82) is 0 Å². The molecule has 1 amide bonds. The fraction of sp³-hybridized carbons (Fsp3) is 0.105. The number of hydrogen-bond acceptors (Lipinski definition) is 5. The molecular formula is C19H14B2ClF4N3O4. The molecule has 3 N–H and O–H groups in total. The Hall–Kier alpha value is -3.31. The molecule has 0 fully saturated rings. The van der Waals surface area contributed by atoms with Gasteiger partial charge in [-0.15, -0.1) is 0 Å². The molecule has 14 heteroatoms. The first-order valence-corrected chi connectivity index (χ1v) is 9.60. The standard InChI is InChI=1S/C19H14B2ClF4N3O4/c20-18(21,32)12-3-8(23)1-2-14(12)33-15-6-11(19(24,25)26)13(22)5-10(15)17(31)28-9-4-16(30)29-27-7-9/h1-7,32H,20-21H2,(H2,28,29,30,31). The van der Waals surface area contributed by atoms with E-state index in [1.807, 2.05) is 0 Å². The zero-order valence-electron chi connectivity index (χ0n) is 17.1. The molecular weight excluding hydrogens is 467 g/mol. The molecule has 0 radical (unpaired) electrons. The van der Waals surface area contributed by atoms with Gasteiger partial charge in [0.1, 0.15) is 33.0 Å². The Morgan fingerprint density at radius 2 is 1.82 bits per heavy atom. The van der Waals surface area contributed by atoms with Gasteiger partial charge in [-0.2, -0.15) is 18.3 Å². The number of benzene rings is 2. The number of H-pyrrole nitrogens is 1. The molecule has 0 aliphatic rings. The van der Waals surface area contributed by atoms with E-state index in [2.05, 4.69) is 15.5 Å². The number of alkyl halides is 3. The van der Waals surface area contributed by atoms with Gasteiger partial charge in [-0.3, -0.25) is 9.59 Å². The van der Waals surface area contributed by atoms with Crippen molar-refractivity contribution >= 4 is 38.9 Å². The summed E-state index contributed by atoms with van der Waals surface area (Å²) < 4.78 is 59.6. The lowest BCUT2D eigenvalue weighted by Crippen LogP contribution is -2.26. The molecule has 33 heavy (non-hydrogen) atoms. The molecule has 2 aromatic carbocycles. The molecule has 0 saturated heterocycles. The van der Waals surface area contributed by atoms with Crippen molar-refractivity contribution in [2.45, 2.75) is 11.6 Å². The number of anilines is 1. The number of aromatic amines is 1. The number of aromatic nitrogens is 2. The van der Waals surface area contributed by atoms with Crippen molar-refractivity contribution in [3.63, 3.8) is 0 Å². The maximum atomic E-state index is 13.7. The third kappa shape index (κ3) is 5.74. The number of rotatable bonds is 5. The smallest absolute Gasteiger partial charge is 0.417 e. The zero-order valence-corrected chi connectivity index (χ0v) is 17.8. The van der Waals surface area contributed by atoms with Crippen LogP contribution >= 0.6 is 11.6 Å². The largest absolute Gasteiger partial charge is 0.456 e. The molecule has 0 aliphatic heterocycles. The molecule has 0 unspecified atom stereocenters. The number of amides is 1. The summed E-state index contributed by atoms with van der Waals surface area (Å²) in [5, 5.41) is 15.9. The summed E-state index contributed by atoms with van der Waals surface area (Å²) in [6.07, 6.45) is -3.76. The van der Waals surface area contributed by atoms with Gasteiger partial charge in [0.15, 0.2) is 0 Å². The average molecular weight is 481 g/mol. The second-order valence-corrected chi connectivity index (χ2v) is 7.82. The normalized spacial score (nSPS) is 11.8. The van der Waals surface area contributed by atoms with Gasteiger partial charge in [-0.05, 0) is 30.3 Å². The Kier molecular flexibility index (Phi) is 6.57. The van der Waals surface area contributed by atoms with Gasteiger partial charge in [0.05, 0.1) is 28.0 Å². The van der Waals surface area contributed by atoms with Gasteiger partial charge in [0, 0.05) is 17.0 Å². The average Bonchev–Trinajstić information content (AvgIpc) is 2.68. The molecule has 0 saturated carbocycles. The van der Waals surface area contributed by atoms with Crippen molar-refractivity contribution in [3.8, 4) is 11.5 Å². The molecule has 1 heterocycles. The van der Waals surface area contributed by atoms with Gasteiger partial charge < -0.3 is 15.2 Å². The Morgan fingerprint density at radius 1 is 1.12 bits per heavy atom. The number of nitrogens with one attached hydrogen (secondary N) is 2. The van der Waals surface area contributed by atoms with Crippen molar-refractivity contribution < 1.29 is 32.2 Å². The second kappa shape index (κ2) is 8.91. The van der Waals surface area contributed by atoms with Crippen LogP contribution in [0.25, 0.3) is 0 Å². The fourth-order valence-corrected chi connectivity index (χ4v) is 3.13. The van der Waals surface area contributed by atoms with Crippen molar-refractivity contribution in [1.82, 2.24) is 10.2 Å². The predicted octanol–water partition coefficient (Wildman–Crippen LogP) is 1.99. The number of aliphatic hydroxyl groups is 1. The monoisotopic (exact) mass is 481 g/mol. The van der Waals surface area contributed by atoms with Crippen LogP contribution in [0.15, 0.2) is 47.4 Å². The van der Waals surface area contributed by atoms with E-state index < -0.39 is 50.8 Å². The lowest BCUT2D eigenvalue weighted by Gasteiger charge is -2.23. The van der Waals surface area contributed by atoms with Gasteiger partial charge >= 0.3 is 6.18 Å². The second-order valence-electron chi connectivity index (χ2n) is 7.42. The number of halogens is 5. The van der Waals surface area contributed by atoms with Crippen molar-refractivity contribution in [3.05, 3.63) is 80.5 Å². The summed E-state index contributed by atoms with van der Waals surface area (Å²) in [6, 6.07) is 5.31. The van der Waals surface area contributed by atoms with E-state index in [-0.39, 0.29) is 17.0 Å². The molecule has 0 aliphatic carbocycles. The highest BCUT2D eigenvalue weighted by atomic mass is 35.5. The molecule has 0 bridgehead atoms. The summed E-state index contributed by atoms with van der Waals surface area (Å²) >= 11 is 5.77. The van der Waals surface area contributed by atoms with Crippen LogP contribution in [0.1, 0.15) is 21.5 Å². The number of hydrogen-bond donors (Lipinski definition) is 3. The summed E-state index contributed by atoms with van der Waals surface area (Å²) in [5.74, 6) is -2.43. The summed E-state index contributed by atoms with van der Waals surface area (Å²) in [4.78, 5) is 24.2. The predicted molar refractivity (Wildman–Crippen MR) is 117 cm³/mol. The minimum Gasteiger partial charge on any atom is -0.456 e. The van der Waals surface area contributed by atoms with Crippen LogP contribution in [0.4, 0.5) is 23.2 Å². The quantitative estimate of drug-likeness (QED) is 0.382. The number of carbonyl (C=O) groups is 1. The SMILES string of the molecule is BC(B)(O)c1cc(F)ccc1Oc1cc(C(F)(F)F)c(Cl)cc1C(=O)Nc1cn[nH]c(=O)c1. The highest BCUT2D eigenvalue weighted by molar-refractivity contribution is 6.38. The lowest BCUT2D eigenvalue weighted by atomic mass is 9.61. The number of ether oxygens (including phenoxy) is 1. The Morgan fingerprint density at radius 3 is 2.42 bits per heavy atom. The van der Waals surface area contributed by atoms with E-state index in [0.717, 1.165) is 36.5 Å². The Labute approximate surface area is 190 Å². The summed E-state index contributed by atoms with van der Waals surface area (Å²) in [7, 11) is 2.65. The third-order valence-electron chi connectivity index (χ3n) is 4.36. The first kappa shape index (κ1) is 24.3. The minimum absolute atomic E-state index is 0.0373. The highest BCUT2D eigenvalue weighted by Crippen LogP contribution is 2.41. The van der Waals surface area contributed by atoms with E-state index >= 15 is 0 Å². The van der Waals surface area contributed by atoms with Crippen LogP contribution in [0, 0.1) is 5.82 Å².